The minimum absolute atomic E-state index is 0.00791. The first-order valence-corrected chi connectivity index (χ1v) is 9.06. The van der Waals surface area contributed by atoms with Crippen molar-refractivity contribution in [1.82, 2.24) is 4.90 Å². The molecule has 0 aromatic heterocycles. The molecule has 1 aromatic carbocycles. The van der Waals surface area contributed by atoms with Crippen molar-refractivity contribution in [1.29, 1.82) is 0 Å². The van der Waals surface area contributed by atoms with Gasteiger partial charge in [-0.05, 0) is 37.8 Å². The Balaban J connectivity index is 1.46. The normalized spacial score (nSPS) is 23.2. The van der Waals surface area contributed by atoms with Crippen LogP contribution in [0.5, 0.6) is 0 Å². The van der Waals surface area contributed by atoms with Gasteiger partial charge in [0.25, 0.3) is 0 Å². The molecule has 2 heterocycles. The lowest BCUT2D eigenvalue weighted by Gasteiger charge is -2.48. The average molecular weight is 343 g/mol. The lowest BCUT2D eigenvalue weighted by molar-refractivity contribution is -0.154. The van der Waals surface area contributed by atoms with Gasteiger partial charge in [0.2, 0.25) is 11.8 Å². The fourth-order valence-electron chi connectivity index (χ4n) is 4.34. The quantitative estimate of drug-likeness (QED) is 0.883. The molecule has 2 amide bonds. The van der Waals surface area contributed by atoms with Crippen molar-refractivity contribution in [2.45, 2.75) is 37.6 Å². The molecule has 2 N–H and O–H groups in total. The van der Waals surface area contributed by atoms with Gasteiger partial charge in [0, 0.05) is 20.2 Å². The summed E-state index contributed by atoms with van der Waals surface area (Å²) >= 11 is 0. The van der Waals surface area contributed by atoms with Gasteiger partial charge in [-0.15, -0.1) is 0 Å². The van der Waals surface area contributed by atoms with Crippen LogP contribution in [0.1, 0.15) is 32.1 Å². The van der Waals surface area contributed by atoms with Crippen molar-refractivity contribution in [3.63, 3.8) is 0 Å². The molecule has 6 heteroatoms. The monoisotopic (exact) mass is 343 g/mol. The number of amides is 2. The van der Waals surface area contributed by atoms with Crippen LogP contribution in [0.25, 0.3) is 0 Å². The van der Waals surface area contributed by atoms with Gasteiger partial charge >= 0.3 is 0 Å². The molecule has 0 bridgehead atoms. The maximum atomic E-state index is 13.0. The minimum Gasteiger partial charge on any atom is -0.384 e. The molecule has 1 spiro atoms. The summed E-state index contributed by atoms with van der Waals surface area (Å²) in [5, 5.41) is 6.45. The van der Waals surface area contributed by atoms with E-state index < -0.39 is 5.54 Å². The van der Waals surface area contributed by atoms with Crippen molar-refractivity contribution in [3.8, 4) is 0 Å². The number of para-hydroxylation sites is 2. The summed E-state index contributed by atoms with van der Waals surface area (Å²) in [4.78, 5) is 27.6. The van der Waals surface area contributed by atoms with Crippen molar-refractivity contribution < 1.29 is 14.3 Å². The molecule has 1 saturated heterocycles. The number of ether oxygens (including phenoxy) is 1. The smallest absolute Gasteiger partial charge is 0.250 e. The Bertz CT molecular complexity index is 691. The second-order valence-electron chi connectivity index (χ2n) is 7.57. The minimum atomic E-state index is -0.612. The van der Waals surface area contributed by atoms with Crippen molar-refractivity contribution in [2.75, 3.05) is 37.4 Å². The number of nitrogens with one attached hydrogen (secondary N) is 2. The van der Waals surface area contributed by atoms with Crippen LogP contribution in [-0.4, -0.2) is 49.1 Å². The standard InChI is InChI=1S/C19H25N3O3/c1-25-13-18(7-4-8-18)17(24)22-11-9-19(10-12-22)16(23)20-14-5-2-3-6-15(14)21-19/h2-3,5-6,21H,4,7-13H2,1H3,(H,20,23). The SMILES string of the molecule is COCC1(C(=O)N2CCC3(CC2)Nc2ccccc2NC3=O)CCC1. The van der Waals surface area contributed by atoms with Gasteiger partial charge in [0.1, 0.15) is 5.54 Å². The van der Waals surface area contributed by atoms with Gasteiger partial charge in [-0.2, -0.15) is 0 Å². The summed E-state index contributed by atoms with van der Waals surface area (Å²) < 4.78 is 5.30. The molecular formula is C19H25N3O3. The molecule has 1 aliphatic carbocycles. The van der Waals surface area contributed by atoms with Gasteiger partial charge in [-0.1, -0.05) is 18.6 Å². The van der Waals surface area contributed by atoms with E-state index in [0.29, 0.717) is 32.5 Å². The first-order chi connectivity index (χ1) is 12.1. The Hall–Kier alpha value is -2.08. The number of hydrogen-bond donors (Lipinski definition) is 2. The summed E-state index contributed by atoms with van der Waals surface area (Å²) in [5.74, 6) is 0.209. The number of carbonyl (C=O) groups is 2. The van der Waals surface area contributed by atoms with Crippen LogP contribution in [0, 0.1) is 5.41 Å². The van der Waals surface area contributed by atoms with Crippen LogP contribution >= 0.6 is 0 Å². The lowest BCUT2D eigenvalue weighted by atomic mass is 9.68. The van der Waals surface area contributed by atoms with E-state index in [1.807, 2.05) is 29.2 Å². The zero-order valence-electron chi connectivity index (χ0n) is 14.6. The van der Waals surface area contributed by atoms with Crippen molar-refractivity contribution >= 4 is 23.2 Å². The Labute approximate surface area is 147 Å². The van der Waals surface area contributed by atoms with Crippen LogP contribution in [0.15, 0.2) is 24.3 Å². The predicted octanol–water partition coefficient (Wildman–Crippen LogP) is 2.23. The summed E-state index contributed by atoms with van der Waals surface area (Å²) in [6.07, 6.45) is 4.17. The van der Waals surface area contributed by atoms with Crippen LogP contribution in [0.3, 0.4) is 0 Å². The molecule has 1 aromatic rings. The molecule has 4 rings (SSSR count). The number of methoxy groups -OCH3 is 1. The van der Waals surface area contributed by atoms with E-state index in [9.17, 15) is 9.59 Å². The molecule has 0 unspecified atom stereocenters. The molecule has 0 atom stereocenters. The Morgan fingerprint density at radius 1 is 1.16 bits per heavy atom. The van der Waals surface area contributed by atoms with Crippen LogP contribution in [0.4, 0.5) is 11.4 Å². The summed E-state index contributed by atoms with van der Waals surface area (Å²) in [5.41, 5.74) is 0.842. The highest BCUT2D eigenvalue weighted by Crippen LogP contribution is 2.44. The van der Waals surface area contributed by atoms with E-state index in [0.717, 1.165) is 30.6 Å². The zero-order chi connectivity index (χ0) is 17.5. The average Bonchev–Trinajstić information content (AvgIpc) is 2.59. The Morgan fingerprint density at radius 2 is 1.84 bits per heavy atom. The van der Waals surface area contributed by atoms with Gasteiger partial charge in [-0.25, -0.2) is 0 Å². The number of anilines is 2. The van der Waals surface area contributed by atoms with Gasteiger partial charge < -0.3 is 20.3 Å². The highest BCUT2D eigenvalue weighted by atomic mass is 16.5. The third kappa shape index (κ3) is 2.59. The second kappa shape index (κ2) is 6.02. The highest BCUT2D eigenvalue weighted by Gasteiger charge is 2.50. The number of piperidine rings is 1. The van der Waals surface area contributed by atoms with Crippen LogP contribution in [-0.2, 0) is 14.3 Å². The summed E-state index contributed by atoms with van der Waals surface area (Å²) in [6, 6.07) is 7.75. The van der Waals surface area contributed by atoms with Gasteiger partial charge in [0.05, 0.1) is 23.4 Å². The van der Waals surface area contributed by atoms with E-state index >= 15 is 0 Å². The maximum Gasteiger partial charge on any atom is 0.250 e. The van der Waals surface area contributed by atoms with Gasteiger partial charge in [0.15, 0.2) is 0 Å². The molecule has 0 radical (unpaired) electrons. The fraction of sp³-hybridized carbons (Fsp3) is 0.579. The van der Waals surface area contributed by atoms with Crippen LogP contribution < -0.4 is 10.6 Å². The van der Waals surface area contributed by atoms with E-state index in [1.54, 1.807) is 7.11 Å². The van der Waals surface area contributed by atoms with E-state index in [-0.39, 0.29) is 17.2 Å². The molecule has 6 nitrogen and oxygen atoms in total. The lowest BCUT2D eigenvalue weighted by Crippen LogP contribution is -2.61. The highest BCUT2D eigenvalue weighted by molar-refractivity contribution is 6.06. The number of carbonyl (C=O) groups excluding carboxylic acids is 2. The largest absolute Gasteiger partial charge is 0.384 e. The molecule has 3 aliphatic rings. The molecule has 25 heavy (non-hydrogen) atoms. The third-order valence-corrected chi connectivity index (χ3v) is 6.07. The predicted molar refractivity (Wildman–Crippen MR) is 95.4 cm³/mol. The number of nitrogens with zero attached hydrogens (tertiary/aromatic N) is 1. The number of rotatable bonds is 3. The molecule has 134 valence electrons. The first kappa shape index (κ1) is 16.4. The number of fused-ring (bicyclic) bond motifs is 1. The maximum absolute atomic E-state index is 13.0. The molecule has 1 saturated carbocycles. The fourth-order valence-corrected chi connectivity index (χ4v) is 4.34. The Kier molecular flexibility index (Phi) is 3.95. The summed E-state index contributed by atoms with van der Waals surface area (Å²) in [6.45, 7) is 1.71. The van der Waals surface area contributed by atoms with E-state index in [2.05, 4.69) is 10.6 Å². The molecule has 2 fully saturated rings. The van der Waals surface area contributed by atoms with E-state index in [1.165, 1.54) is 0 Å². The molecule has 2 aliphatic heterocycles. The van der Waals surface area contributed by atoms with Gasteiger partial charge in [-0.3, -0.25) is 9.59 Å². The number of benzene rings is 1. The third-order valence-electron chi connectivity index (χ3n) is 6.07. The summed E-state index contributed by atoms with van der Waals surface area (Å²) in [7, 11) is 1.66. The second-order valence-corrected chi connectivity index (χ2v) is 7.57. The van der Waals surface area contributed by atoms with E-state index in [4.69, 9.17) is 4.74 Å². The molecular weight excluding hydrogens is 318 g/mol. The topological polar surface area (TPSA) is 70.7 Å². The van der Waals surface area contributed by atoms with Crippen molar-refractivity contribution in [2.24, 2.45) is 5.41 Å². The van der Waals surface area contributed by atoms with Crippen molar-refractivity contribution in [3.05, 3.63) is 24.3 Å². The Morgan fingerprint density at radius 3 is 2.44 bits per heavy atom. The number of hydrogen-bond acceptors (Lipinski definition) is 4. The first-order valence-electron chi connectivity index (χ1n) is 9.06. The zero-order valence-corrected chi connectivity index (χ0v) is 14.6. The van der Waals surface area contributed by atoms with Crippen LogP contribution in [0.2, 0.25) is 0 Å². The number of likely N-dealkylation sites (tertiary alicyclic amines) is 1.